The van der Waals surface area contributed by atoms with Crippen molar-refractivity contribution in [2.75, 3.05) is 0 Å². The third kappa shape index (κ3) is 2.60. The summed E-state index contributed by atoms with van der Waals surface area (Å²) in [7, 11) is 0. The minimum absolute atomic E-state index is 0.0130. The monoisotopic (exact) mass is 304 g/mol. The topological polar surface area (TPSA) is 48.1 Å². The van der Waals surface area contributed by atoms with Gasteiger partial charge < -0.3 is 4.57 Å². The lowest BCUT2D eigenvalue weighted by atomic mass is 10.2. The molecule has 0 saturated carbocycles. The highest BCUT2D eigenvalue weighted by Gasteiger charge is 2.11. The van der Waals surface area contributed by atoms with Gasteiger partial charge in [-0.05, 0) is 24.3 Å². The lowest BCUT2D eigenvalue weighted by Crippen LogP contribution is -2.00. The highest BCUT2D eigenvalue weighted by molar-refractivity contribution is 6.30. The molecule has 0 aliphatic rings. The molecule has 0 saturated heterocycles. The van der Waals surface area contributed by atoms with Gasteiger partial charge in [-0.25, -0.2) is 4.39 Å². The number of aromatic nitrogens is 1. The molecule has 0 fully saturated rings. The molecular formula is C15H10ClFN2O2. The van der Waals surface area contributed by atoms with Gasteiger partial charge >= 0.3 is 0 Å². The fourth-order valence-electron chi connectivity index (χ4n) is 2.26. The van der Waals surface area contributed by atoms with Gasteiger partial charge in [0.05, 0.1) is 17.0 Å². The van der Waals surface area contributed by atoms with E-state index in [9.17, 15) is 14.5 Å². The van der Waals surface area contributed by atoms with Crippen LogP contribution in [-0.2, 0) is 6.54 Å². The first kappa shape index (κ1) is 13.6. The van der Waals surface area contributed by atoms with Crippen LogP contribution in [0, 0.1) is 15.9 Å². The van der Waals surface area contributed by atoms with Gasteiger partial charge in [0.25, 0.3) is 5.69 Å². The molecule has 3 rings (SSSR count). The zero-order chi connectivity index (χ0) is 15.0. The average molecular weight is 305 g/mol. The van der Waals surface area contributed by atoms with Crippen LogP contribution in [0.1, 0.15) is 5.56 Å². The molecule has 2 aromatic carbocycles. The maximum Gasteiger partial charge on any atom is 0.271 e. The van der Waals surface area contributed by atoms with E-state index in [0.29, 0.717) is 16.1 Å². The SMILES string of the molecule is O=[N+]([O-])c1ccc2ccn(Cc3ccc(Cl)cc3F)c2c1. The van der Waals surface area contributed by atoms with Crippen LogP contribution < -0.4 is 0 Å². The molecule has 4 nitrogen and oxygen atoms in total. The number of non-ortho nitro benzene ring substituents is 1. The molecule has 0 bridgehead atoms. The first-order chi connectivity index (χ1) is 10.0. The summed E-state index contributed by atoms with van der Waals surface area (Å²) in [5.74, 6) is -0.394. The molecule has 0 radical (unpaired) electrons. The van der Waals surface area contributed by atoms with Gasteiger partial charge in [-0.15, -0.1) is 0 Å². The summed E-state index contributed by atoms with van der Waals surface area (Å²) in [5.41, 5.74) is 1.18. The molecule has 0 aliphatic heterocycles. The first-order valence-corrected chi connectivity index (χ1v) is 6.59. The standard InChI is InChI=1S/C15H10ClFN2O2/c16-12-3-1-11(14(17)7-12)9-18-6-5-10-2-4-13(19(20)21)8-15(10)18/h1-8H,9H2. The quantitative estimate of drug-likeness (QED) is 0.532. The Balaban J connectivity index is 2.04. The number of rotatable bonds is 3. The van der Waals surface area contributed by atoms with Crippen molar-refractivity contribution in [3.8, 4) is 0 Å². The molecule has 21 heavy (non-hydrogen) atoms. The number of benzene rings is 2. The summed E-state index contributed by atoms with van der Waals surface area (Å²) in [6.45, 7) is 0.285. The molecule has 3 aromatic rings. The lowest BCUT2D eigenvalue weighted by molar-refractivity contribution is -0.384. The third-order valence-electron chi connectivity index (χ3n) is 3.32. The number of hydrogen-bond donors (Lipinski definition) is 0. The number of nitrogens with zero attached hydrogens (tertiary/aromatic N) is 2. The van der Waals surface area contributed by atoms with E-state index in [1.807, 2.05) is 6.07 Å². The molecule has 0 aliphatic carbocycles. The Kier molecular flexibility index (Phi) is 3.35. The Labute approximate surface area is 124 Å². The van der Waals surface area contributed by atoms with Crippen molar-refractivity contribution in [3.05, 3.63) is 75.2 Å². The number of halogens is 2. The summed E-state index contributed by atoms with van der Waals surface area (Å²) >= 11 is 5.73. The molecule has 0 spiro atoms. The Morgan fingerprint density at radius 1 is 1.19 bits per heavy atom. The highest BCUT2D eigenvalue weighted by Crippen LogP contribution is 2.24. The van der Waals surface area contributed by atoms with Gasteiger partial charge in [0.15, 0.2) is 0 Å². The van der Waals surface area contributed by atoms with Gasteiger partial charge in [0, 0.05) is 34.3 Å². The van der Waals surface area contributed by atoms with Crippen molar-refractivity contribution in [1.82, 2.24) is 4.57 Å². The Bertz CT molecular complexity index is 845. The minimum atomic E-state index is -0.445. The minimum Gasteiger partial charge on any atom is -0.343 e. The van der Waals surface area contributed by atoms with Crippen LogP contribution in [0.4, 0.5) is 10.1 Å². The summed E-state index contributed by atoms with van der Waals surface area (Å²) in [6.07, 6.45) is 1.78. The maximum absolute atomic E-state index is 13.8. The molecule has 0 N–H and O–H groups in total. The smallest absolute Gasteiger partial charge is 0.271 e. The number of fused-ring (bicyclic) bond motifs is 1. The van der Waals surface area contributed by atoms with E-state index >= 15 is 0 Å². The van der Waals surface area contributed by atoms with Crippen molar-refractivity contribution < 1.29 is 9.31 Å². The highest BCUT2D eigenvalue weighted by atomic mass is 35.5. The lowest BCUT2D eigenvalue weighted by Gasteiger charge is -2.07. The van der Waals surface area contributed by atoms with E-state index in [1.54, 1.807) is 29.0 Å². The number of nitro benzene ring substituents is 1. The van der Waals surface area contributed by atoms with E-state index in [0.717, 1.165) is 5.39 Å². The van der Waals surface area contributed by atoms with Crippen LogP contribution in [0.5, 0.6) is 0 Å². The molecule has 106 valence electrons. The molecular weight excluding hydrogens is 295 g/mol. The van der Waals surface area contributed by atoms with Crippen molar-refractivity contribution in [2.45, 2.75) is 6.54 Å². The van der Waals surface area contributed by atoms with E-state index in [2.05, 4.69) is 0 Å². The molecule has 0 amide bonds. The predicted molar refractivity (Wildman–Crippen MR) is 79.1 cm³/mol. The molecule has 0 atom stereocenters. The Hall–Kier alpha value is -2.40. The van der Waals surface area contributed by atoms with Crippen LogP contribution in [0.2, 0.25) is 5.02 Å². The summed E-state index contributed by atoms with van der Waals surface area (Å²) in [5, 5.41) is 12.1. The van der Waals surface area contributed by atoms with Gasteiger partial charge in [0.1, 0.15) is 5.82 Å². The van der Waals surface area contributed by atoms with E-state index < -0.39 is 10.7 Å². The second-order valence-corrected chi connectivity index (χ2v) is 5.12. The zero-order valence-electron chi connectivity index (χ0n) is 10.8. The summed E-state index contributed by atoms with van der Waals surface area (Å²) in [4.78, 5) is 10.4. The zero-order valence-corrected chi connectivity index (χ0v) is 11.5. The molecule has 0 unspecified atom stereocenters. The van der Waals surface area contributed by atoms with Crippen molar-refractivity contribution in [2.24, 2.45) is 0 Å². The number of hydrogen-bond acceptors (Lipinski definition) is 2. The van der Waals surface area contributed by atoms with Crippen molar-refractivity contribution in [1.29, 1.82) is 0 Å². The van der Waals surface area contributed by atoms with Crippen LogP contribution >= 0.6 is 11.6 Å². The second-order valence-electron chi connectivity index (χ2n) is 4.68. The fraction of sp³-hybridized carbons (Fsp3) is 0.0667. The van der Waals surface area contributed by atoms with E-state index in [4.69, 9.17) is 11.6 Å². The van der Waals surface area contributed by atoms with Gasteiger partial charge in [-0.3, -0.25) is 10.1 Å². The van der Waals surface area contributed by atoms with Crippen LogP contribution in [-0.4, -0.2) is 9.49 Å². The fourth-order valence-corrected chi connectivity index (χ4v) is 2.42. The Morgan fingerprint density at radius 2 is 2.00 bits per heavy atom. The van der Waals surface area contributed by atoms with Crippen molar-refractivity contribution >= 4 is 28.2 Å². The van der Waals surface area contributed by atoms with E-state index in [-0.39, 0.29) is 12.2 Å². The maximum atomic E-state index is 13.8. The predicted octanol–water partition coefficient (Wildman–Crippen LogP) is 4.39. The second kappa shape index (κ2) is 5.18. The van der Waals surface area contributed by atoms with E-state index in [1.165, 1.54) is 18.2 Å². The normalized spacial score (nSPS) is 11.0. The van der Waals surface area contributed by atoms with Crippen LogP contribution in [0.25, 0.3) is 10.9 Å². The molecule has 6 heteroatoms. The summed E-state index contributed by atoms with van der Waals surface area (Å²) in [6, 6.07) is 11.0. The average Bonchev–Trinajstić information content (AvgIpc) is 2.84. The van der Waals surface area contributed by atoms with Gasteiger partial charge in [0.2, 0.25) is 0 Å². The van der Waals surface area contributed by atoms with Crippen LogP contribution in [0.3, 0.4) is 0 Å². The Morgan fingerprint density at radius 3 is 2.71 bits per heavy atom. The van der Waals surface area contributed by atoms with Crippen molar-refractivity contribution in [3.63, 3.8) is 0 Å². The first-order valence-electron chi connectivity index (χ1n) is 6.22. The van der Waals surface area contributed by atoms with Gasteiger partial charge in [-0.1, -0.05) is 17.7 Å². The molecule has 1 heterocycles. The van der Waals surface area contributed by atoms with Gasteiger partial charge in [-0.2, -0.15) is 0 Å². The summed E-state index contributed by atoms with van der Waals surface area (Å²) < 4.78 is 15.6. The van der Waals surface area contributed by atoms with Crippen LogP contribution in [0.15, 0.2) is 48.7 Å². The molecule has 1 aromatic heterocycles. The number of nitro groups is 1. The largest absolute Gasteiger partial charge is 0.343 e. The third-order valence-corrected chi connectivity index (χ3v) is 3.56.